The van der Waals surface area contributed by atoms with Crippen molar-refractivity contribution in [1.82, 2.24) is 15.1 Å². The van der Waals surface area contributed by atoms with Gasteiger partial charge in [0.05, 0.1) is 0 Å². The number of rotatable bonds is 4. The molecule has 1 unspecified atom stereocenters. The van der Waals surface area contributed by atoms with Crippen LogP contribution in [0.2, 0.25) is 0 Å². The van der Waals surface area contributed by atoms with Gasteiger partial charge in [0.2, 0.25) is 5.91 Å². The van der Waals surface area contributed by atoms with Crippen LogP contribution in [0.3, 0.4) is 0 Å². The van der Waals surface area contributed by atoms with E-state index in [1.165, 1.54) is 0 Å². The highest BCUT2D eigenvalue weighted by Gasteiger charge is 2.23. The van der Waals surface area contributed by atoms with Gasteiger partial charge >= 0.3 is 0 Å². The lowest BCUT2D eigenvalue weighted by molar-refractivity contribution is -0.122. The minimum atomic E-state index is -0.431. The Kier molecular flexibility index (Phi) is 4.91. The molecule has 5 heteroatoms. The zero-order valence-electron chi connectivity index (χ0n) is 11.5. The summed E-state index contributed by atoms with van der Waals surface area (Å²) in [7, 11) is 4.22. The van der Waals surface area contributed by atoms with Crippen molar-refractivity contribution < 1.29 is 4.79 Å². The minimum absolute atomic E-state index is 0.0409. The molecule has 1 atom stereocenters. The molecule has 1 saturated heterocycles. The summed E-state index contributed by atoms with van der Waals surface area (Å²) >= 11 is 0. The molecule has 0 saturated carbocycles. The van der Waals surface area contributed by atoms with Gasteiger partial charge < -0.3 is 16.0 Å². The summed E-state index contributed by atoms with van der Waals surface area (Å²) in [4.78, 5) is 16.3. The maximum atomic E-state index is 11.7. The van der Waals surface area contributed by atoms with Crippen molar-refractivity contribution >= 4 is 5.91 Å². The largest absolute Gasteiger partial charge is 0.354 e. The zero-order chi connectivity index (χ0) is 13.1. The van der Waals surface area contributed by atoms with Gasteiger partial charge in [-0.05, 0) is 27.9 Å². The summed E-state index contributed by atoms with van der Waals surface area (Å²) in [6.07, 6.45) is 0.374. The number of amides is 1. The van der Waals surface area contributed by atoms with Crippen molar-refractivity contribution in [2.75, 3.05) is 40.3 Å². The average molecular weight is 242 g/mol. The highest BCUT2D eigenvalue weighted by molar-refractivity contribution is 5.77. The van der Waals surface area contributed by atoms with Crippen LogP contribution in [0.1, 0.15) is 20.3 Å². The number of carbonyl (C=O) groups is 1. The Bertz CT molecular complexity index is 262. The van der Waals surface area contributed by atoms with Crippen LogP contribution in [-0.4, -0.2) is 67.6 Å². The Balaban J connectivity index is 2.32. The first kappa shape index (κ1) is 14.4. The molecule has 0 aromatic heterocycles. The lowest BCUT2D eigenvalue weighted by Crippen LogP contribution is -2.54. The second-order valence-corrected chi connectivity index (χ2v) is 5.87. The highest BCUT2D eigenvalue weighted by Crippen LogP contribution is 2.06. The lowest BCUT2D eigenvalue weighted by atomic mass is 10.0. The Morgan fingerprint density at radius 3 is 2.65 bits per heavy atom. The van der Waals surface area contributed by atoms with Crippen LogP contribution in [0.15, 0.2) is 0 Å². The molecular weight excluding hydrogens is 216 g/mol. The summed E-state index contributed by atoms with van der Waals surface area (Å²) in [5.74, 6) is 0.0409. The zero-order valence-corrected chi connectivity index (χ0v) is 11.5. The van der Waals surface area contributed by atoms with E-state index in [2.05, 4.69) is 29.2 Å². The first-order chi connectivity index (χ1) is 7.78. The van der Waals surface area contributed by atoms with Crippen LogP contribution in [0.4, 0.5) is 0 Å². The predicted octanol–water partition coefficient (Wildman–Crippen LogP) is -0.524. The Morgan fingerprint density at radius 1 is 1.41 bits per heavy atom. The quantitative estimate of drug-likeness (QED) is 0.696. The molecule has 17 heavy (non-hydrogen) atoms. The molecule has 3 N–H and O–H groups in total. The van der Waals surface area contributed by atoms with Crippen molar-refractivity contribution in [1.29, 1.82) is 0 Å². The third kappa shape index (κ3) is 5.48. The van der Waals surface area contributed by atoms with Crippen LogP contribution in [0, 0.1) is 0 Å². The van der Waals surface area contributed by atoms with Crippen LogP contribution in [-0.2, 0) is 4.79 Å². The second-order valence-electron chi connectivity index (χ2n) is 5.87. The number of carbonyl (C=O) groups excluding carboxylic acids is 1. The van der Waals surface area contributed by atoms with Gasteiger partial charge in [-0.1, -0.05) is 0 Å². The van der Waals surface area contributed by atoms with E-state index in [0.29, 0.717) is 19.0 Å². The molecule has 0 radical (unpaired) electrons. The summed E-state index contributed by atoms with van der Waals surface area (Å²) in [6, 6.07) is 0.401. The molecule has 0 bridgehead atoms. The normalized spacial score (nSPS) is 23.7. The number of hydrogen-bond donors (Lipinski definition) is 2. The van der Waals surface area contributed by atoms with Gasteiger partial charge in [0, 0.05) is 44.2 Å². The highest BCUT2D eigenvalue weighted by atomic mass is 16.1. The van der Waals surface area contributed by atoms with Crippen LogP contribution in [0.25, 0.3) is 0 Å². The maximum absolute atomic E-state index is 11.7. The van der Waals surface area contributed by atoms with Gasteiger partial charge in [-0.3, -0.25) is 9.69 Å². The SMILES string of the molecule is CN1CCN(C)C(CNC(=O)CC(C)(C)N)C1. The fourth-order valence-corrected chi connectivity index (χ4v) is 2.03. The van der Waals surface area contributed by atoms with E-state index in [1.54, 1.807) is 0 Å². The molecule has 1 rings (SSSR count). The smallest absolute Gasteiger partial charge is 0.221 e. The molecule has 100 valence electrons. The monoisotopic (exact) mass is 242 g/mol. The van der Waals surface area contributed by atoms with E-state index in [9.17, 15) is 4.79 Å². The molecule has 0 spiro atoms. The van der Waals surface area contributed by atoms with E-state index in [4.69, 9.17) is 5.73 Å². The van der Waals surface area contributed by atoms with E-state index in [1.807, 2.05) is 13.8 Å². The first-order valence-corrected chi connectivity index (χ1v) is 6.22. The maximum Gasteiger partial charge on any atom is 0.221 e. The Hall–Kier alpha value is -0.650. The molecular formula is C12H26N4O. The van der Waals surface area contributed by atoms with Gasteiger partial charge in [-0.25, -0.2) is 0 Å². The minimum Gasteiger partial charge on any atom is -0.354 e. The number of likely N-dealkylation sites (N-methyl/N-ethyl adjacent to an activating group) is 2. The summed E-state index contributed by atoms with van der Waals surface area (Å²) in [5.41, 5.74) is 5.38. The molecule has 1 aliphatic rings. The average Bonchev–Trinajstić information content (AvgIpc) is 2.17. The van der Waals surface area contributed by atoms with Crippen molar-refractivity contribution in [3.8, 4) is 0 Å². The Labute approximate surface area is 104 Å². The fourth-order valence-electron chi connectivity index (χ4n) is 2.03. The summed E-state index contributed by atoms with van der Waals surface area (Å²) < 4.78 is 0. The molecule has 5 nitrogen and oxygen atoms in total. The van der Waals surface area contributed by atoms with Crippen LogP contribution >= 0.6 is 0 Å². The molecule has 0 aliphatic carbocycles. The third-order valence-electron chi connectivity index (χ3n) is 3.13. The van der Waals surface area contributed by atoms with E-state index in [0.717, 1.165) is 19.6 Å². The first-order valence-electron chi connectivity index (χ1n) is 6.22. The van der Waals surface area contributed by atoms with Gasteiger partial charge in [0.25, 0.3) is 0 Å². The third-order valence-corrected chi connectivity index (χ3v) is 3.13. The predicted molar refractivity (Wildman–Crippen MR) is 69.8 cm³/mol. The molecule has 0 aromatic carbocycles. The number of nitrogens with one attached hydrogen (secondary N) is 1. The molecule has 1 heterocycles. The molecule has 1 aliphatic heterocycles. The lowest BCUT2D eigenvalue weighted by Gasteiger charge is -2.37. The van der Waals surface area contributed by atoms with E-state index in [-0.39, 0.29) is 5.91 Å². The van der Waals surface area contributed by atoms with Crippen molar-refractivity contribution in [3.05, 3.63) is 0 Å². The fraction of sp³-hybridized carbons (Fsp3) is 0.917. The number of nitrogens with zero attached hydrogens (tertiary/aromatic N) is 2. The van der Waals surface area contributed by atoms with Crippen LogP contribution in [0.5, 0.6) is 0 Å². The number of piperazine rings is 1. The Morgan fingerprint density at radius 2 is 2.06 bits per heavy atom. The van der Waals surface area contributed by atoms with Gasteiger partial charge in [0.15, 0.2) is 0 Å². The summed E-state index contributed by atoms with van der Waals surface area (Å²) in [5, 5.41) is 2.97. The molecule has 1 fully saturated rings. The van der Waals surface area contributed by atoms with Crippen molar-refractivity contribution in [3.63, 3.8) is 0 Å². The van der Waals surface area contributed by atoms with Crippen LogP contribution < -0.4 is 11.1 Å². The van der Waals surface area contributed by atoms with Gasteiger partial charge in [-0.2, -0.15) is 0 Å². The standard InChI is InChI=1S/C12H26N4O/c1-12(2,13)7-11(17)14-8-10-9-15(3)5-6-16(10)4/h10H,5-9,13H2,1-4H3,(H,14,17). The van der Waals surface area contributed by atoms with Crippen molar-refractivity contribution in [2.24, 2.45) is 5.73 Å². The van der Waals surface area contributed by atoms with Crippen molar-refractivity contribution in [2.45, 2.75) is 31.8 Å². The van der Waals surface area contributed by atoms with Gasteiger partial charge in [0.1, 0.15) is 0 Å². The number of hydrogen-bond acceptors (Lipinski definition) is 4. The van der Waals surface area contributed by atoms with E-state index < -0.39 is 5.54 Å². The second kappa shape index (κ2) is 5.80. The van der Waals surface area contributed by atoms with E-state index >= 15 is 0 Å². The summed E-state index contributed by atoms with van der Waals surface area (Å²) in [6.45, 7) is 7.59. The topological polar surface area (TPSA) is 61.6 Å². The molecule has 1 amide bonds. The number of nitrogens with two attached hydrogens (primary N) is 1. The molecule has 0 aromatic rings. The van der Waals surface area contributed by atoms with Gasteiger partial charge in [-0.15, -0.1) is 0 Å².